The Balaban J connectivity index is 1.94. The maximum atomic E-state index is 12.8. The number of hydrogen-bond acceptors (Lipinski definition) is 5. The maximum Gasteiger partial charge on any atom is 0.341 e. The number of hydrogen-bond donors (Lipinski definition) is 2. The van der Waals surface area contributed by atoms with Crippen LogP contribution in [0.4, 0.5) is 14.5 Å². The van der Waals surface area contributed by atoms with Crippen molar-refractivity contribution in [3.63, 3.8) is 0 Å². The fraction of sp³-hybridized carbons (Fsp3) is 0.556. The Morgan fingerprint density at radius 1 is 1.18 bits per heavy atom. The lowest BCUT2D eigenvalue weighted by molar-refractivity contribution is -0.127. The molecule has 0 aliphatic carbocycles. The molecule has 1 fully saturated rings. The predicted octanol–water partition coefficient (Wildman–Crippen LogP) is 1.86. The van der Waals surface area contributed by atoms with Crippen molar-refractivity contribution in [3.8, 4) is 0 Å². The molecule has 0 saturated carbocycles. The molecule has 156 valence electrons. The molecule has 1 aromatic rings. The summed E-state index contributed by atoms with van der Waals surface area (Å²) in [6, 6.07) is 5.16. The first kappa shape index (κ1) is 22.2. The van der Waals surface area contributed by atoms with Crippen molar-refractivity contribution in [2.45, 2.75) is 43.4 Å². The Morgan fingerprint density at radius 2 is 1.79 bits per heavy atom. The molecular formula is C18H25F2N3O4S. The van der Waals surface area contributed by atoms with Gasteiger partial charge in [-0.1, -0.05) is 12.1 Å². The van der Waals surface area contributed by atoms with Crippen molar-refractivity contribution >= 4 is 27.3 Å². The van der Waals surface area contributed by atoms with Gasteiger partial charge in [-0.2, -0.15) is 8.78 Å². The number of rotatable bonds is 7. The number of nitrogens with zero attached hydrogens (tertiary/aromatic N) is 1. The standard InChI is InChI=1S/C18H25F2N3O4S/c1-12(2)21-17(25)13-7-9-23(10-8-13)11-16(24)22-14-5-3-4-6-15(14)28(26,27)18(19)20/h3-6,12-13,18H,7-11H2,1-2H3,(H,21,25)(H,22,24). The van der Waals surface area contributed by atoms with Gasteiger partial charge in [-0.25, -0.2) is 8.42 Å². The molecule has 0 atom stereocenters. The third kappa shape index (κ3) is 5.71. The summed E-state index contributed by atoms with van der Waals surface area (Å²) in [4.78, 5) is 25.6. The molecule has 1 aromatic carbocycles. The summed E-state index contributed by atoms with van der Waals surface area (Å²) in [5, 5.41) is 5.28. The monoisotopic (exact) mass is 417 g/mol. The molecule has 0 aromatic heterocycles. The normalized spacial score (nSPS) is 16.4. The predicted molar refractivity (Wildman–Crippen MR) is 101 cm³/mol. The zero-order chi connectivity index (χ0) is 20.9. The van der Waals surface area contributed by atoms with Crippen LogP contribution in [-0.2, 0) is 19.4 Å². The van der Waals surface area contributed by atoms with E-state index in [1.807, 2.05) is 18.7 Å². The van der Waals surface area contributed by atoms with Crippen LogP contribution in [0.1, 0.15) is 26.7 Å². The molecule has 2 rings (SSSR count). The van der Waals surface area contributed by atoms with E-state index in [0.29, 0.717) is 25.9 Å². The minimum absolute atomic E-state index is 0.00485. The van der Waals surface area contributed by atoms with Crippen LogP contribution < -0.4 is 10.6 Å². The molecular weight excluding hydrogens is 392 g/mol. The van der Waals surface area contributed by atoms with Gasteiger partial charge < -0.3 is 10.6 Å². The fourth-order valence-corrected chi connectivity index (χ4v) is 3.95. The fourth-order valence-electron chi connectivity index (χ4n) is 3.06. The average molecular weight is 417 g/mol. The van der Waals surface area contributed by atoms with Gasteiger partial charge in [0.1, 0.15) is 0 Å². The molecule has 10 heteroatoms. The molecule has 0 radical (unpaired) electrons. The van der Waals surface area contributed by atoms with Gasteiger partial charge in [-0.15, -0.1) is 0 Å². The van der Waals surface area contributed by atoms with Crippen LogP contribution >= 0.6 is 0 Å². The highest BCUT2D eigenvalue weighted by molar-refractivity contribution is 7.91. The smallest absolute Gasteiger partial charge is 0.341 e. The van der Waals surface area contributed by atoms with E-state index in [1.54, 1.807) is 0 Å². The summed E-state index contributed by atoms with van der Waals surface area (Å²) >= 11 is 0. The molecule has 0 bridgehead atoms. The van der Waals surface area contributed by atoms with E-state index in [2.05, 4.69) is 10.6 Å². The highest BCUT2D eigenvalue weighted by Crippen LogP contribution is 2.26. The number of piperidine rings is 1. The van der Waals surface area contributed by atoms with Gasteiger partial charge in [0.2, 0.25) is 21.7 Å². The van der Waals surface area contributed by atoms with E-state index in [-0.39, 0.29) is 30.1 Å². The first-order valence-electron chi connectivity index (χ1n) is 9.05. The van der Waals surface area contributed by atoms with Crippen molar-refractivity contribution in [1.82, 2.24) is 10.2 Å². The van der Waals surface area contributed by atoms with Crippen LogP contribution in [0.3, 0.4) is 0 Å². The second-order valence-electron chi connectivity index (χ2n) is 7.06. The van der Waals surface area contributed by atoms with Gasteiger partial charge in [0.05, 0.1) is 17.1 Å². The van der Waals surface area contributed by atoms with Gasteiger partial charge in [0, 0.05) is 12.0 Å². The van der Waals surface area contributed by atoms with Crippen LogP contribution in [0.5, 0.6) is 0 Å². The highest BCUT2D eigenvalue weighted by atomic mass is 32.2. The minimum atomic E-state index is -4.82. The summed E-state index contributed by atoms with van der Waals surface area (Å²) in [7, 11) is -4.82. The van der Waals surface area contributed by atoms with E-state index >= 15 is 0 Å². The number of sulfone groups is 1. The number of likely N-dealkylation sites (tertiary alicyclic amines) is 1. The molecule has 0 unspecified atom stereocenters. The molecule has 28 heavy (non-hydrogen) atoms. The second kappa shape index (κ2) is 9.42. The van der Waals surface area contributed by atoms with E-state index in [4.69, 9.17) is 0 Å². The van der Waals surface area contributed by atoms with Gasteiger partial charge in [0.25, 0.3) is 0 Å². The Bertz CT molecular complexity index is 807. The lowest BCUT2D eigenvalue weighted by Gasteiger charge is -2.31. The van der Waals surface area contributed by atoms with E-state index in [0.717, 1.165) is 6.07 Å². The van der Waals surface area contributed by atoms with Gasteiger partial charge >= 0.3 is 5.76 Å². The number of halogens is 2. The van der Waals surface area contributed by atoms with Crippen molar-refractivity contribution in [2.75, 3.05) is 25.0 Å². The second-order valence-corrected chi connectivity index (χ2v) is 8.95. The molecule has 1 aliphatic heterocycles. The summed E-state index contributed by atoms with van der Waals surface area (Å²) in [5.74, 6) is -4.16. The quantitative estimate of drug-likeness (QED) is 0.706. The Kier molecular flexibility index (Phi) is 7.48. The third-order valence-corrected chi connectivity index (χ3v) is 5.90. The third-order valence-electron chi connectivity index (χ3n) is 4.46. The van der Waals surface area contributed by atoms with Gasteiger partial charge in [-0.05, 0) is 51.9 Å². The van der Waals surface area contributed by atoms with E-state index in [9.17, 15) is 26.8 Å². The Morgan fingerprint density at radius 3 is 2.36 bits per heavy atom. The zero-order valence-corrected chi connectivity index (χ0v) is 16.6. The first-order chi connectivity index (χ1) is 13.1. The summed E-state index contributed by atoms with van der Waals surface area (Å²) in [6.45, 7) is 4.86. The lowest BCUT2D eigenvalue weighted by Crippen LogP contribution is -2.44. The number of alkyl halides is 2. The Labute approximate surface area is 163 Å². The van der Waals surface area contributed by atoms with Crippen molar-refractivity contribution in [2.24, 2.45) is 5.92 Å². The number of amides is 2. The largest absolute Gasteiger partial charge is 0.354 e. The topological polar surface area (TPSA) is 95.6 Å². The number of para-hydroxylation sites is 1. The molecule has 2 amide bonds. The molecule has 0 spiro atoms. The first-order valence-corrected chi connectivity index (χ1v) is 10.6. The maximum absolute atomic E-state index is 12.8. The van der Waals surface area contributed by atoms with Crippen molar-refractivity contribution in [3.05, 3.63) is 24.3 Å². The molecule has 2 N–H and O–H groups in total. The number of anilines is 1. The van der Waals surface area contributed by atoms with Crippen LogP contribution in [-0.4, -0.2) is 56.6 Å². The minimum Gasteiger partial charge on any atom is -0.354 e. The van der Waals surface area contributed by atoms with Crippen molar-refractivity contribution < 1.29 is 26.8 Å². The molecule has 7 nitrogen and oxygen atoms in total. The summed E-state index contributed by atoms with van der Waals surface area (Å²) in [6.07, 6.45) is 1.23. The summed E-state index contributed by atoms with van der Waals surface area (Å²) in [5.41, 5.74) is -0.168. The van der Waals surface area contributed by atoms with E-state index in [1.165, 1.54) is 18.2 Å². The summed E-state index contributed by atoms with van der Waals surface area (Å²) < 4.78 is 49.2. The van der Waals surface area contributed by atoms with Gasteiger partial charge in [-0.3, -0.25) is 14.5 Å². The van der Waals surface area contributed by atoms with Crippen molar-refractivity contribution in [1.29, 1.82) is 0 Å². The number of carbonyl (C=O) groups excluding carboxylic acids is 2. The Hall–Kier alpha value is -2.07. The molecule has 1 heterocycles. The van der Waals surface area contributed by atoms with Crippen LogP contribution in [0.25, 0.3) is 0 Å². The van der Waals surface area contributed by atoms with Crippen LogP contribution in [0.15, 0.2) is 29.2 Å². The lowest BCUT2D eigenvalue weighted by atomic mass is 9.95. The number of benzene rings is 1. The van der Waals surface area contributed by atoms with Crippen LogP contribution in [0, 0.1) is 5.92 Å². The van der Waals surface area contributed by atoms with E-state index < -0.39 is 26.4 Å². The number of nitrogens with one attached hydrogen (secondary N) is 2. The zero-order valence-electron chi connectivity index (χ0n) is 15.8. The average Bonchev–Trinajstić information content (AvgIpc) is 2.61. The highest BCUT2D eigenvalue weighted by Gasteiger charge is 2.30. The number of carbonyl (C=O) groups is 2. The molecule has 1 aliphatic rings. The SMILES string of the molecule is CC(C)NC(=O)C1CCN(CC(=O)Nc2ccccc2S(=O)(=O)C(F)F)CC1. The molecule has 1 saturated heterocycles. The van der Waals surface area contributed by atoms with Crippen LogP contribution in [0.2, 0.25) is 0 Å². The van der Waals surface area contributed by atoms with Gasteiger partial charge in [0.15, 0.2) is 0 Å².